The predicted octanol–water partition coefficient (Wildman–Crippen LogP) is 4.34. The summed E-state index contributed by atoms with van der Waals surface area (Å²) in [5, 5.41) is 8.42. The first-order valence-electron chi connectivity index (χ1n) is 13.3. The number of carbonyl (C=O) groups is 3. The summed E-state index contributed by atoms with van der Waals surface area (Å²) in [6.45, 7) is 6.18. The number of ketones is 1. The zero-order valence-corrected chi connectivity index (χ0v) is 21.8. The van der Waals surface area contributed by atoms with Crippen LogP contribution >= 0.6 is 0 Å². The Bertz CT molecular complexity index is 511. The topological polar surface area (TPSA) is 118 Å². The quantitative estimate of drug-likeness (QED) is 0.0943. The number of esters is 1. The van der Waals surface area contributed by atoms with Gasteiger partial charge in [-0.2, -0.15) is 0 Å². The van der Waals surface area contributed by atoms with Crippen LogP contribution in [0.15, 0.2) is 0 Å². The van der Waals surface area contributed by atoms with Gasteiger partial charge in [0.25, 0.3) is 0 Å². The molecule has 0 aliphatic carbocycles. The fourth-order valence-electron chi connectivity index (χ4n) is 3.24. The average molecular weight is 505 g/mol. The molecule has 0 aliphatic heterocycles. The number of hydrogen-bond donors (Lipinski definition) is 1. The van der Waals surface area contributed by atoms with Crippen molar-refractivity contribution in [3.05, 3.63) is 0 Å². The maximum Gasteiger partial charge on any atom is 0.372 e. The van der Waals surface area contributed by atoms with E-state index < -0.39 is 17.7 Å². The van der Waals surface area contributed by atoms with Crippen molar-refractivity contribution >= 4 is 17.7 Å². The van der Waals surface area contributed by atoms with Crippen LogP contribution < -0.4 is 0 Å². The SMILES string of the molecule is CCCCCCCCCCCCCOCCOCCOCCOCCOC(=O)CCC(=O)C(=O)O. The third-order valence-electron chi connectivity index (χ3n) is 5.29. The van der Waals surface area contributed by atoms with E-state index in [1.807, 2.05) is 0 Å². The third kappa shape index (κ3) is 26.9. The molecule has 0 amide bonds. The van der Waals surface area contributed by atoms with Gasteiger partial charge in [-0.1, -0.05) is 71.1 Å². The van der Waals surface area contributed by atoms with Crippen molar-refractivity contribution in [1.82, 2.24) is 0 Å². The molecule has 0 rings (SSSR count). The molecule has 0 spiro atoms. The molecule has 0 radical (unpaired) electrons. The normalized spacial score (nSPS) is 11.0. The van der Waals surface area contributed by atoms with E-state index in [2.05, 4.69) is 6.92 Å². The highest BCUT2D eigenvalue weighted by atomic mass is 16.6. The van der Waals surface area contributed by atoms with Crippen LogP contribution in [0.1, 0.15) is 90.4 Å². The highest BCUT2D eigenvalue weighted by Crippen LogP contribution is 2.11. The molecule has 0 aliphatic rings. The van der Waals surface area contributed by atoms with Gasteiger partial charge in [-0.15, -0.1) is 0 Å². The number of ether oxygens (including phenoxy) is 5. The molecule has 0 aromatic rings. The van der Waals surface area contributed by atoms with Crippen LogP contribution in [0.3, 0.4) is 0 Å². The van der Waals surface area contributed by atoms with E-state index >= 15 is 0 Å². The second kappa shape index (κ2) is 27.0. The first kappa shape index (κ1) is 33.4. The number of unbranched alkanes of at least 4 members (excludes halogenated alkanes) is 10. The minimum Gasteiger partial charge on any atom is -0.476 e. The molecule has 0 heterocycles. The first-order chi connectivity index (χ1) is 17.1. The van der Waals surface area contributed by atoms with E-state index in [0.717, 1.165) is 13.0 Å². The predicted molar refractivity (Wildman–Crippen MR) is 133 cm³/mol. The number of aliphatic carboxylic acids is 1. The summed E-state index contributed by atoms with van der Waals surface area (Å²) in [4.78, 5) is 32.5. The summed E-state index contributed by atoms with van der Waals surface area (Å²) in [5.41, 5.74) is 0. The van der Waals surface area contributed by atoms with Gasteiger partial charge in [0.1, 0.15) is 6.61 Å². The van der Waals surface area contributed by atoms with Crippen LogP contribution in [0.25, 0.3) is 0 Å². The molecule has 0 saturated heterocycles. The fourth-order valence-corrected chi connectivity index (χ4v) is 3.24. The first-order valence-corrected chi connectivity index (χ1v) is 13.3. The molecule has 35 heavy (non-hydrogen) atoms. The summed E-state index contributed by atoms with van der Waals surface area (Å²) in [6.07, 6.45) is 14.0. The second-order valence-electron chi connectivity index (χ2n) is 8.43. The summed E-state index contributed by atoms with van der Waals surface area (Å²) in [6, 6.07) is 0. The summed E-state index contributed by atoms with van der Waals surface area (Å²) in [5.74, 6) is -3.18. The minimum absolute atomic E-state index is 0.0440. The van der Waals surface area contributed by atoms with Crippen molar-refractivity contribution in [2.45, 2.75) is 90.4 Å². The van der Waals surface area contributed by atoms with Crippen molar-refractivity contribution in [2.24, 2.45) is 0 Å². The molecule has 0 atom stereocenters. The molecule has 0 bridgehead atoms. The Labute approximate surface area is 211 Å². The monoisotopic (exact) mass is 504 g/mol. The van der Waals surface area contributed by atoms with Gasteiger partial charge in [0.15, 0.2) is 0 Å². The molecule has 1 N–H and O–H groups in total. The van der Waals surface area contributed by atoms with E-state index in [9.17, 15) is 14.4 Å². The molecular weight excluding hydrogens is 456 g/mol. The van der Waals surface area contributed by atoms with Crippen molar-refractivity contribution < 1.29 is 43.2 Å². The Morgan fingerprint density at radius 1 is 0.514 bits per heavy atom. The Kier molecular flexibility index (Phi) is 25.8. The Morgan fingerprint density at radius 2 is 0.914 bits per heavy atom. The van der Waals surface area contributed by atoms with Gasteiger partial charge in [-0.25, -0.2) is 4.79 Å². The number of carbonyl (C=O) groups excluding carboxylic acids is 2. The molecule has 0 fully saturated rings. The lowest BCUT2D eigenvalue weighted by atomic mass is 10.1. The number of rotatable bonds is 28. The van der Waals surface area contributed by atoms with Crippen LogP contribution in [-0.4, -0.2) is 82.3 Å². The maximum atomic E-state index is 11.3. The molecule has 0 unspecified atom stereocenters. The van der Waals surface area contributed by atoms with E-state index in [1.54, 1.807) is 0 Å². The molecule has 9 nitrogen and oxygen atoms in total. The van der Waals surface area contributed by atoms with Gasteiger partial charge in [0.05, 0.1) is 52.7 Å². The van der Waals surface area contributed by atoms with E-state index in [1.165, 1.54) is 64.2 Å². The van der Waals surface area contributed by atoms with E-state index in [4.69, 9.17) is 28.8 Å². The summed E-state index contributed by atoms with van der Waals surface area (Å²) in [7, 11) is 0. The van der Waals surface area contributed by atoms with Gasteiger partial charge >= 0.3 is 11.9 Å². The molecule has 9 heteroatoms. The highest BCUT2D eigenvalue weighted by molar-refractivity contribution is 6.32. The van der Waals surface area contributed by atoms with Crippen LogP contribution in [0.2, 0.25) is 0 Å². The van der Waals surface area contributed by atoms with Crippen LogP contribution in [0.5, 0.6) is 0 Å². The minimum atomic E-state index is -1.55. The van der Waals surface area contributed by atoms with Gasteiger partial charge in [0, 0.05) is 13.0 Å². The van der Waals surface area contributed by atoms with Gasteiger partial charge in [-0.05, 0) is 6.42 Å². The lowest BCUT2D eigenvalue weighted by molar-refractivity contribution is -0.151. The van der Waals surface area contributed by atoms with Crippen LogP contribution in [-0.2, 0) is 38.1 Å². The average Bonchev–Trinajstić information content (AvgIpc) is 2.85. The summed E-state index contributed by atoms with van der Waals surface area (Å²) >= 11 is 0. The van der Waals surface area contributed by atoms with Crippen LogP contribution in [0, 0.1) is 0 Å². The van der Waals surface area contributed by atoms with Crippen molar-refractivity contribution in [3.8, 4) is 0 Å². The molecular formula is C26H48O9. The molecule has 206 valence electrons. The Balaban J connectivity index is 3.14. The highest BCUT2D eigenvalue weighted by Gasteiger charge is 2.14. The Morgan fingerprint density at radius 3 is 1.37 bits per heavy atom. The van der Waals surface area contributed by atoms with Gasteiger partial charge < -0.3 is 28.8 Å². The van der Waals surface area contributed by atoms with Crippen molar-refractivity contribution in [1.29, 1.82) is 0 Å². The Hall–Kier alpha value is -1.55. The lowest BCUT2D eigenvalue weighted by Crippen LogP contribution is -2.17. The standard InChI is InChI=1S/C26H48O9/c1-2-3-4-5-6-7-8-9-10-11-12-15-31-16-17-32-18-19-33-20-21-34-22-23-35-25(28)14-13-24(27)26(29)30/h2-23H2,1H3,(H,29,30). The van der Waals surface area contributed by atoms with Crippen molar-refractivity contribution in [2.75, 3.05) is 59.5 Å². The lowest BCUT2D eigenvalue weighted by Gasteiger charge is -2.08. The smallest absolute Gasteiger partial charge is 0.372 e. The second-order valence-corrected chi connectivity index (χ2v) is 8.43. The van der Waals surface area contributed by atoms with Gasteiger partial charge in [-0.3, -0.25) is 9.59 Å². The molecule has 0 aromatic carbocycles. The van der Waals surface area contributed by atoms with E-state index in [-0.39, 0.29) is 26.1 Å². The molecule has 0 aromatic heterocycles. The maximum absolute atomic E-state index is 11.3. The number of carboxylic acids is 1. The van der Waals surface area contributed by atoms with Gasteiger partial charge in [0.2, 0.25) is 5.78 Å². The fraction of sp³-hybridized carbons (Fsp3) is 0.885. The molecule has 0 saturated carbocycles. The largest absolute Gasteiger partial charge is 0.476 e. The zero-order chi connectivity index (χ0) is 25.8. The van der Waals surface area contributed by atoms with E-state index in [0.29, 0.717) is 39.6 Å². The number of carboxylic acid groups (broad SMARTS) is 1. The van der Waals surface area contributed by atoms with Crippen molar-refractivity contribution in [3.63, 3.8) is 0 Å². The van der Waals surface area contributed by atoms with Crippen LogP contribution in [0.4, 0.5) is 0 Å². The zero-order valence-electron chi connectivity index (χ0n) is 21.8. The third-order valence-corrected chi connectivity index (χ3v) is 5.29. The number of hydrogen-bond acceptors (Lipinski definition) is 8. The summed E-state index contributed by atoms with van der Waals surface area (Å²) < 4.78 is 26.5. The number of Topliss-reactive ketones (excluding diaryl/α,β-unsaturated/α-hetero) is 1.